The van der Waals surface area contributed by atoms with Gasteiger partial charge < -0.3 is 9.80 Å². The summed E-state index contributed by atoms with van der Waals surface area (Å²) in [7, 11) is 0. The Balaban J connectivity index is 1.39. The van der Waals surface area contributed by atoms with Gasteiger partial charge in [0.2, 0.25) is 0 Å². The number of anilines is 1. The maximum Gasteiger partial charge on any atom is 0.253 e. The fraction of sp³-hybridized carbons (Fsp3) is 0.217. The fourth-order valence-corrected chi connectivity index (χ4v) is 3.89. The van der Waals surface area contributed by atoms with Crippen LogP contribution in [0.1, 0.15) is 16.2 Å². The Bertz CT molecular complexity index is 1230. The topological polar surface area (TPSA) is 67.2 Å². The van der Waals surface area contributed by atoms with Gasteiger partial charge >= 0.3 is 0 Å². The summed E-state index contributed by atoms with van der Waals surface area (Å²) in [6.07, 6.45) is 1.80. The second kappa shape index (κ2) is 7.79. The molecule has 0 bridgehead atoms. The predicted molar refractivity (Wildman–Crippen MR) is 116 cm³/mol. The molecule has 0 spiro atoms. The van der Waals surface area contributed by atoms with Crippen LogP contribution in [0.3, 0.4) is 0 Å². The van der Waals surface area contributed by atoms with Crippen LogP contribution < -0.4 is 4.90 Å². The minimum absolute atomic E-state index is 0.0828. The van der Waals surface area contributed by atoms with Gasteiger partial charge in [-0.3, -0.25) is 4.79 Å². The van der Waals surface area contributed by atoms with E-state index in [-0.39, 0.29) is 11.7 Å². The van der Waals surface area contributed by atoms with Gasteiger partial charge in [-0.25, -0.2) is 19.0 Å². The molecule has 31 heavy (non-hydrogen) atoms. The van der Waals surface area contributed by atoms with Crippen molar-refractivity contribution in [3.8, 4) is 5.69 Å². The number of fused-ring (bicyclic) bond motifs is 1. The Labute approximate surface area is 178 Å². The van der Waals surface area contributed by atoms with Crippen LogP contribution in [-0.4, -0.2) is 56.7 Å². The molecule has 2 aromatic carbocycles. The van der Waals surface area contributed by atoms with Gasteiger partial charge in [-0.15, -0.1) is 0 Å². The quantitative estimate of drug-likeness (QED) is 0.513. The molecule has 1 fully saturated rings. The first-order chi connectivity index (χ1) is 15.1. The largest absolute Gasteiger partial charge is 0.352 e. The lowest BCUT2D eigenvalue weighted by atomic mass is 10.1. The fourth-order valence-electron chi connectivity index (χ4n) is 3.89. The van der Waals surface area contributed by atoms with Crippen molar-refractivity contribution in [3.05, 3.63) is 78.0 Å². The minimum Gasteiger partial charge on any atom is -0.352 e. The summed E-state index contributed by atoms with van der Waals surface area (Å²) in [5.41, 5.74) is 2.20. The monoisotopic (exact) mass is 416 g/mol. The first kappa shape index (κ1) is 19.2. The molecule has 3 heterocycles. The first-order valence-corrected chi connectivity index (χ1v) is 10.2. The third-order valence-corrected chi connectivity index (χ3v) is 5.48. The van der Waals surface area contributed by atoms with Gasteiger partial charge in [0.15, 0.2) is 5.65 Å². The van der Waals surface area contributed by atoms with Crippen LogP contribution in [0.2, 0.25) is 0 Å². The number of nitrogens with zero attached hydrogens (tertiary/aromatic N) is 6. The number of para-hydroxylation sites is 1. The zero-order valence-electron chi connectivity index (χ0n) is 17.1. The third-order valence-electron chi connectivity index (χ3n) is 5.48. The van der Waals surface area contributed by atoms with Gasteiger partial charge in [-0.2, -0.15) is 5.10 Å². The van der Waals surface area contributed by atoms with E-state index in [1.807, 2.05) is 41.9 Å². The van der Waals surface area contributed by atoms with Gasteiger partial charge in [0, 0.05) is 31.7 Å². The molecule has 1 amide bonds. The van der Waals surface area contributed by atoms with E-state index in [0.717, 1.165) is 22.5 Å². The maximum absolute atomic E-state index is 13.2. The highest BCUT2D eigenvalue weighted by atomic mass is 19.1. The first-order valence-electron chi connectivity index (χ1n) is 10.2. The van der Waals surface area contributed by atoms with Crippen molar-refractivity contribution in [1.29, 1.82) is 0 Å². The average Bonchev–Trinajstić information content (AvgIpc) is 3.23. The summed E-state index contributed by atoms with van der Waals surface area (Å²) in [4.78, 5) is 26.0. The second-order valence-corrected chi connectivity index (χ2v) is 7.51. The molecule has 0 aliphatic carbocycles. The summed E-state index contributed by atoms with van der Waals surface area (Å²) in [6, 6.07) is 15.6. The molecule has 0 radical (unpaired) electrons. The van der Waals surface area contributed by atoms with Crippen LogP contribution in [-0.2, 0) is 0 Å². The molecule has 0 N–H and O–H groups in total. The Kier molecular flexibility index (Phi) is 4.82. The van der Waals surface area contributed by atoms with Gasteiger partial charge in [-0.05, 0) is 43.3 Å². The van der Waals surface area contributed by atoms with Crippen LogP contribution in [0.15, 0.2) is 60.8 Å². The van der Waals surface area contributed by atoms with Crippen molar-refractivity contribution in [2.45, 2.75) is 6.92 Å². The van der Waals surface area contributed by atoms with Gasteiger partial charge in [0.05, 0.1) is 17.3 Å². The molecular weight excluding hydrogens is 395 g/mol. The average molecular weight is 416 g/mol. The predicted octanol–water partition coefficient (Wildman–Crippen LogP) is 3.23. The highest BCUT2D eigenvalue weighted by Crippen LogP contribution is 2.26. The van der Waals surface area contributed by atoms with Crippen molar-refractivity contribution in [2.75, 3.05) is 31.1 Å². The van der Waals surface area contributed by atoms with Gasteiger partial charge in [0.1, 0.15) is 17.5 Å². The maximum atomic E-state index is 13.2. The van der Waals surface area contributed by atoms with E-state index in [1.165, 1.54) is 24.3 Å². The van der Waals surface area contributed by atoms with Crippen molar-refractivity contribution >= 4 is 22.8 Å². The number of aryl methyl sites for hydroxylation is 1. The summed E-state index contributed by atoms with van der Waals surface area (Å²) < 4.78 is 15.0. The minimum atomic E-state index is -0.347. The molecule has 0 unspecified atom stereocenters. The number of carbonyl (C=O) groups is 1. The molecule has 2 aromatic heterocycles. The number of rotatable bonds is 3. The van der Waals surface area contributed by atoms with Crippen molar-refractivity contribution in [2.24, 2.45) is 0 Å². The molecule has 8 heteroatoms. The Morgan fingerprint density at radius 2 is 1.65 bits per heavy atom. The lowest BCUT2D eigenvalue weighted by molar-refractivity contribution is 0.0746. The molecule has 4 aromatic rings. The van der Waals surface area contributed by atoms with Crippen LogP contribution >= 0.6 is 0 Å². The third kappa shape index (κ3) is 3.61. The number of hydrogen-bond donors (Lipinski definition) is 0. The van der Waals surface area contributed by atoms with Crippen LogP contribution in [0, 0.1) is 12.7 Å². The lowest BCUT2D eigenvalue weighted by Gasteiger charge is -2.35. The highest BCUT2D eigenvalue weighted by molar-refractivity contribution is 5.94. The van der Waals surface area contributed by atoms with Crippen LogP contribution in [0.25, 0.3) is 16.7 Å². The molecule has 1 saturated heterocycles. The Hall–Kier alpha value is -3.81. The standard InChI is InChI=1S/C23H21FN6O/c1-16-26-21(20-15-25-30(22(20)27-16)19-5-3-2-4-6-19)28-11-13-29(14-12-28)23(31)17-7-9-18(24)10-8-17/h2-10,15H,11-14H2,1H3. The molecule has 0 atom stereocenters. The van der Waals surface area contributed by atoms with E-state index in [2.05, 4.69) is 20.0 Å². The number of benzene rings is 2. The van der Waals surface area contributed by atoms with E-state index in [1.54, 1.807) is 11.1 Å². The summed E-state index contributed by atoms with van der Waals surface area (Å²) in [6.45, 7) is 4.30. The smallest absolute Gasteiger partial charge is 0.253 e. The molecule has 0 saturated carbocycles. The normalized spacial score (nSPS) is 14.3. The van der Waals surface area contributed by atoms with E-state index >= 15 is 0 Å². The zero-order valence-corrected chi connectivity index (χ0v) is 17.1. The van der Waals surface area contributed by atoms with E-state index in [9.17, 15) is 9.18 Å². The Morgan fingerprint density at radius 3 is 2.35 bits per heavy atom. The summed E-state index contributed by atoms with van der Waals surface area (Å²) >= 11 is 0. The van der Waals surface area contributed by atoms with Crippen molar-refractivity contribution in [1.82, 2.24) is 24.6 Å². The van der Waals surface area contributed by atoms with Gasteiger partial charge in [0.25, 0.3) is 5.91 Å². The number of hydrogen-bond acceptors (Lipinski definition) is 5. The van der Waals surface area contributed by atoms with Crippen LogP contribution in [0.5, 0.6) is 0 Å². The molecule has 156 valence electrons. The number of aromatic nitrogens is 4. The molecule has 7 nitrogen and oxygen atoms in total. The van der Waals surface area contributed by atoms with E-state index in [4.69, 9.17) is 0 Å². The van der Waals surface area contributed by atoms with Crippen molar-refractivity contribution in [3.63, 3.8) is 0 Å². The molecule has 1 aliphatic rings. The van der Waals surface area contributed by atoms with E-state index in [0.29, 0.717) is 37.6 Å². The number of amides is 1. The van der Waals surface area contributed by atoms with Gasteiger partial charge in [-0.1, -0.05) is 18.2 Å². The molecule has 1 aliphatic heterocycles. The second-order valence-electron chi connectivity index (χ2n) is 7.51. The number of piperazine rings is 1. The lowest BCUT2D eigenvalue weighted by Crippen LogP contribution is -2.49. The summed E-state index contributed by atoms with van der Waals surface area (Å²) in [5, 5.41) is 5.43. The van der Waals surface area contributed by atoms with Crippen molar-refractivity contribution < 1.29 is 9.18 Å². The number of carbonyl (C=O) groups excluding carboxylic acids is 1. The molecular formula is C23H21FN6O. The zero-order chi connectivity index (χ0) is 21.4. The highest BCUT2D eigenvalue weighted by Gasteiger charge is 2.25. The SMILES string of the molecule is Cc1nc(N2CCN(C(=O)c3ccc(F)cc3)CC2)c2cnn(-c3ccccc3)c2n1. The van der Waals surface area contributed by atoms with Crippen LogP contribution in [0.4, 0.5) is 10.2 Å². The van der Waals surface area contributed by atoms with E-state index < -0.39 is 0 Å². The molecule has 5 rings (SSSR count). The summed E-state index contributed by atoms with van der Waals surface area (Å²) in [5.74, 6) is 1.07. The number of halogens is 1. The Morgan fingerprint density at radius 1 is 0.935 bits per heavy atom.